The molecule has 5 rings (SSSR count). The summed E-state index contributed by atoms with van der Waals surface area (Å²) in [5, 5.41) is 1.02. The molecule has 1 amide bonds. The first-order valence-electron chi connectivity index (χ1n) is 11.5. The average Bonchev–Trinajstić information content (AvgIpc) is 3.43. The molecule has 2 aliphatic heterocycles. The number of rotatable bonds is 3. The number of H-pyrrole nitrogens is 1. The lowest BCUT2D eigenvalue weighted by Crippen LogP contribution is -2.49. The second kappa shape index (κ2) is 7.98. The Morgan fingerprint density at radius 1 is 1.00 bits per heavy atom. The molecule has 0 spiro atoms. The van der Waals surface area contributed by atoms with Crippen LogP contribution in [0.25, 0.3) is 11.0 Å². The maximum absolute atomic E-state index is 13.0. The van der Waals surface area contributed by atoms with E-state index >= 15 is 0 Å². The van der Waals surface area contributed by atoms with Gasteiger partial charge in [-0.2, -0.15) is 0 Å². The van der Waals surface area contributed by atoms with Crippen molar-refractivity contribution < 1.29 is 4.79 Å². The van der Waals surface area contributed by atoms with Gasteiger partial charge in [0.25, 0.3) is 5.91 Å². The third-order valence-corrected chi connectivity index (χ3v) is 7.24. The number of hydrogen-bond donors (Lipinski definition) is 1. The smallest absolute Gasteiger partial charge is 0.270 e. The Balaban J connectivity index is 1.29. The Kier molecular flexibility index (Phi) is 5.20. The highest BCUT2D eigenvalue weighted by Crippen LogP contribution is 2.26. The minimum absolute atomic E-state index is 0.113. The van der Waals surface area contributed by atoms with E-state index < -0.39 is 0 Å². The van der Waals surface area contributed by atoms with Gasteiger partial charge in [0.2, 0.25) is 0 Å². The molecule has 1 unspecified atom stereocenters. The number of piperazine rings is 1. The molecule has 2 saturated heterocycles. The van der Waals surface area contributed by atoms with Crippen LogP contribution < -0.4 is 4.90 Å². The Labute approximate surface area is 173 Å². The summed E-state index contributed by atoms with van der Waals surface area (Å²) in [7, 11) is 0. The number of piperidine rings is 1. The Bertz CT molecular complexity index is 863. The normalized spacial score (nSPS) is 24.5. The predicted octanol–water partition coefficient (Wildman–Crippen LogP) is 3.64. The molecule has 156 valence electrons. The quantitative estimate of drug-likeness (QED) is 0.862. The summed E-state index contributed by atoms with van der Waals surface area (Å²) in [5.41, 5.74) is 1.50. The number of hydrogen-bond acceptors (Lipinski definition) is 4. The topological polar surface area (TPSA) is 55.5 Å². The van der Waals surface area contributed by atoms with Crippen LogP contribution in [-0.4, -0.2) is 70.5 Å². The summed E-state index contributed by atoms with van der Waals surface area (Å²) in [6, 6.07) is 7.31. The second-order valence-electron chi connectivity index (χ2n) is 9.09. The molecule has 6 heteroatoms. The second-order valence-corrected chi connectivity index (χ2v) is 9.09. The highest BCUT2D eigenvalue weighted by Gasteiger charge is 2.27. The molecule has 2 aromatic rings. The molecule has 4 heterocycles. The standard InChI is InChI=1S/C23H33N5O/c1-17-6-4-5-11-28(17)23(29)20-16-18-9-10-21(25-22(18)24-20)27-14-12-26(13-15-27)19-7-2-3-8-19/h9-10,16-17,19H,2-8,11-15H2,1H3,(H,24,25). The molecular weight excluding hydrogens is 362 g/mol. The van der Waals surface area contributed by atoms with Crippen LogP contribution >= 0.6 is 0 Å². The highest BCUT2D eigenvalue weighted by molar-refractivity contribution is 5.97. The number of carbonyl (C=O) groups excluding carboxylic acids is 1. The van der Waals surface area contributed by atoms with E-state index in [2.05, 4.69) is 33.8 Å². The molecule has 1 N–H and O–H groups in total. The summed E-state index contributed by atoms with van der Waals surface area (Å²) in [4.78, 5) is 28.2. The van der Waals surface area contributed by atoms with Gasteiger partial charge >= 0.3 is 0 Å². The molecular formula is C23H33N5O. The zero-order valence-corrected chi connectivity index (χ0v) is 17.6. The van der Waals surface area contributed by atoms with Crippen molar-refractivity contribution in [1.29, 1.82) is 0 Å². The number of anilines is 1. The zero-order valence-electron chi connectivity index (χ0n) is 17.6. The molecule has 29 heavy (non-hydrogen) atoms. The van der Waals surface area contributed by atoms with Crippen LogP contribution in [0, 0.1) is 0 Å². The van der Waals surface area contributed by atoms with E-state index in [1.165, 1.54) is 32.1 Å². The van der Waals surface area contributed by atoms with Crippen LogP contribution in [0.15, 0.2) is 18.2 Å². The molecule has 0 aromatic carbocycles. The first-order chi connectivity index (χ1) is 14.2. The first kappa shape index (κ1) is 18.9. The number of fused-ring (bicyclic) bond motifs is 1. The van der Waals surface area contributed by atoms with Crippen LogP contribution in [0.2, 0.25) is 0 Å². The van der Waals surface area contributed by atoms with E-state index in [9.17, 15) is 4.79 Å². The Morgan fingerprint density at radius 2 is 1.76 bits per heavy atom. The van der Waals surface area contributed by atoms with Crippen molar-refractivity contribution in [2.75, 3.05) is 37.6 Å². The van der Waals surface area contributed by atoms with Crippen molar-refractivity contribution in [3.63, 3.8) is 0 Å². The van der Waals surface area contributed by atoms with Gasteiger partial charge in [0, 0.05) is 50.2 Å². The minimum atomic E-state index is 0.113. The fourth-order valence-electron chi connectivity index (χ4n) is 5.43. The van der Waals surface area contributed by atoms with Crippen molar-refractivity contribution in [3.8, 4) is 0 Å². The lowest BCUT2D eigenvalue weighted by atomic mass is 10.0. The average molecular weight is 396 g/mol. The summed E-state index contributed by atoms with van der Waals surface area (Å²) < 4.78 is 0. The first-order valence-corrected chi connectivity index (χ1v) is 11.5. The number of likely N-dealkylation sites (tertiary alicyclic amines) is 1. The molecule has 3 fully saturated rings. The lowest BCUT2D eigenvalue weighted by Gasteiger charge is -2.38. The number of aromatic amines is 1. The van der Waals surface area contributed by atoms with Crippen molar-refractivity contribution >= 4 is 22.8 Å². The maximum atomic E-state index is 13.0. The largest absolute Gasteiger partial charge is 0.354 e. The van der Waals surface area contributed by atoms with Gasteiger partial charge in [-0.25, -0.2) is 4.98 Å². The highest BCUT2D eigenvalue weighted by atomic mass is 16.2. The Hall–Kier alpha value is -2.08. The molecule has 2 aromatic heterocycles. The number of nitrogens with zero attached hydrogens (tertiary/aromatic N) is 4. The van der Waals surface area contributed by atoms with Gasteiger partial charge in [-0.3, -0.25) is 9.69 Å². The van der Waals surface area contributed by atoms with Crippen LogP contribution in [0.5, 0.6) is 0 Å². The van der Waals surface area contributed by atoms with Gasteiger partial charge in [0.15, 0.2) is 0 Å². The fourth-order valence-corrected chi connectivity index (χ4v) is 5.43. The van der Waals surface area contributed by atoms with Crippen molar-refractivity contribution in [3.05, 3.63) is 23.9 Å². The lowest BCUT2D eigenvalue weighted by molar-refractivity contribution is 0.0630. The van der Waals surface area contributed by atoms with Crippen molar-refractivity contribution in [2.24, 2.45) is 0 Å². The molecule has 1 aliphatic carbocycles. The number of aromatic nitrogens is 2. The Morgan fingerprint density at radius 3 is 2.52 bits per heavy atom. The minimum Gasteiger partial charge on any atom is -0.354 e. The van der Waals surface area contributed by atoms with E-state index in [4.69, 9.17) is 4.98 Å². The summed E-state index contributed by atoms with van der Waals surface area (Å²) in [6.07, 6.45) is 8.96. The van der Waals surface area contributed by atoms with Gasteiger partial charge < -0.3 is 14.8 Å². The fraction of sp³-hybridized carbons (Fsp3) is 0.652. The van der Waals surface area contributed by atoms with Gasteiger partial charge in [-0.15, -0.1) is 0 Å². The van der Waals surface area contributed by atoms with E-state index in [0.29, 0.717) is 11.7 Å². The van der Waals surface area contributed by atoms with Crippen LogP contribution in [0.4, 0.5) is 5.82 Å². The van der Waals surface area contributed by atoms with Crippen LogP contribution in [0.3, 0.4) is 0 Å². The number of pyridine rings is 1. The molecule has 6 nitrogen and oxygen atoms in total. The van der Waals surface area contributed by atoms with Crippen LogP contribution in [0.1, 0.15) is 62.4 Å². The van der Waals surface area contributed by atoms with Gasteiger partial charge in [-0.05, 0) is 57.2 Å². The summed E-state index contributed by atoms with van der Waals surface area (Å²) in [6.45, 7) is 7.34. The van der Waals surface area contributed by atoms with Gasteiger partial charge in [-0.1, -0.05) is 12.8 Å². The van der Waals surface area contributed by atoms with E-state index in [-0.39, 0.29) is 5.91 Å². The number of nitrogens with one attached hydrogen (secondary N) is 1. The summed E-state index contributed by atoms with van der Waals surface area (Å²) >= 11 is 0. The maximum Gasteiger partial charge on any atom is 0.270 e. The number of amides is 1. The molecule has 3 aliphatic rings. The third kappa shape index (κ3) is 3.75. The molecule has 1 saturated carbocycles. The van der Waals surface area contributed by atoms with E-state index in [1.807, 2.05) is 11.0 Å². The third-order valence-electron chi connectivity index (χ3n) is 7.24. The van der Waals surface area contributed by atoms with Gasteiger partial charge in [0.05, 0.1) is 0 Å². The monoisotopic (exact) mass is 395 g/mol. The summed E-state index contributed by atoms with van der Waals surface area (Å²) in [5.74, 6) is 1.14. The van der Waals surface area contributed by atoms with Crippen molar-refractivity contribution in [2.45, 2.75) is 64.0 Å². The zero-order chi connectivity index (χ0) is 19.8. The van der Waals surface area contributed by atoms with E-state index in [0.717, 1.165) is 68.5 Å². The molecule has 0 radical (unpaired) electrons. The SMILES string of the molecule is CC1CCCCN1C(=O)c1cc2ccc(N3CCN(C4CCCC4)CC3)nc2[nH]1. The van der Waals surface area contributed by atoms with Crippen molar-refractivity contribution in [1.82, 2.24) is 19.8 Å². The molecule has 0 bridgehead atoms. The number of carbonyl (C=O) groups is 1. The van der Waals surface area contributed by atoms with Crippen LogP contribution in [-0.2, 0) is 0 Å². The molecule has 1 atom stereocenters. The van der Waals surface area contributed by atoms with E-state index in [1.54, 1.807) is 0 Å². The van der Waals surface area contributed by atoms with Gasteiger partial charge in [0.1, 0.15) is 17.2 Å². The predicted molar refractivity (Wildman–Crippen MR) is 116 cm³/mol.